The number of anilines is 1. The van der Waals surface area contributed by atoms with E-state index >= 15 is 0 Å². The van der Waals surface area contributed by atoms with E-state index in [0.29, 0.717) is 18.4 Å². The Hall–Kier alpha value is -3.29. The number of nitrogens with zero attached hydrogens (tertiary/aromatic N) is 4. The number of allylic oxidation sites excluding steroid dienone is 2. The highest BCUT2D eigenvalue weighted by atomic mass is 35.5. The number of carbonyl (C=O) groups is 3. The van der Waals surface area contributed by atoms with Crippen LogP contribution in [0.25, 0.3) is 6.08 Å². The molecule has 0 aliphatic carbocycles. The lowest BCUT2D eigenvalue weighted by atomic mass is 9.83. The molecule has 2 aliphatic rings. The van der Waals surface area contributed by atoms with Gasteiger partial charge >= 0.3 is 5.97 Å². The second kappa shape index (κ2) is 8.92. The number of hydrogen-bond donors (Lipinski definition) is 4. The van der Waals surface area contributed by atoms with Crippen LogP contribution in [0.2, 0.25) is 4.34 Å². The first-order chi connectivity index (χ1) is 15.7. The maximum absolute atomic E-state index is 12.8. The lowest BCUT2D eigenvalue weighted by molar-refractivity contribution is -0.155. The van der Waals surface area contributed by atoms with Crippen molar-refractivity contribution in [3.8, 4) is 0 Å². The summed E-state index contributed by atoms with van der Waals surface area (Å²) in [5.41, 5.74) is 7.88. The minimum atomic E-state index is -1.24. The Balaban J connectivity index is 1.54. The van der Waals surface area contributed by atoms with Gasteiger partial charge in [0.15, 0.2) is 10.8 Å². The number of amides is 2. The molecular weight excluding hydrogens is 492 g/mol. The molecule has 0 aromatic carbocycles. The summed E-state index contributed by atoms with van der Waals surface area (Å²) in [6.07, 6.45) is 4.30. The van der Waals surface area contributed by atoms with Crippen LogP contribution in [0.4, 0.5) is 5.13 Å². The van der Waals surface area contributed by atoms with Crippen molar-refractivity contribution in [1.82, 2.24) is 20.2 Å². The first-order valence-corrected chi connectivity index (χ1v) is 11.6. The Kier molecular flexibility index (Phi) is 6.19. The van der Waals surface area contributed by atoms with Crippen molar-refractivity contribution in [3.05, 3.63) is 43.5 Å². The van der Waals surface area contributed by atoms with E-state index < -0.39 is 35.6 Å². The first kappa shape index (κ1) is 22.9. The second-order valence-electron chi connectivity index (χ2n) is 7.20. The molecule has 172 valence electrons. The minimum Gasteiger partial charge on any atom is -0.477 e. The number of carboxylic acids is 1. The third kappa shape index (κ3) is 4.10. The quantitative estimate of drug-likeness (QED) is 0.198. The number of aromatic nitrogens is 2. The van der Waals surface area contributed by atoms with Gasteiger partial charge in [-0.05, 0) is 31.4 Å². The van der Waals surface area contributed by atoms with Crippen molar-refractivity contribution in [2.75, 3.05) is 5.73 Å². The van der Waals surface area contributed by atoms with Gasteiger partial charge in [-0.15, -0.1) is 11.3 Å². The molecule has 2 aliphatic heterocycles. The summed E-state index contributed by atoms with van der Waals surface area (Å²) in [5.74, 6) is -2.69. The largest absolute Gasteiger partial charge is 0.477 e. The number of nitrogens with one attached hydrogen (secondary N) is 1. The van der Waals surface area contributed by atoms with Gasteiger partial charge in [-0.2, -0.15) is 0 Å². The van der Waals surface area contributed by atoms with E-state index in [-0.39, 0.29) is 20.9 Å². The maximum Gasteiger partial charge on any atom is 0.352 e. The molecule has 2 amide bonds. The number of aliphatic carboxylic acids is 1. The summed E-state index contributed by atoms with van der Waals surface area (Å²) in [6, 6.07) is -1.53. The Morgan fingerprint density at radius 2 is 2.18 bits per heavy atom. The smallest absolute Gasteiger partial charge is 0.352 e. The van der Waals surface area contributed by atoms with Crippen LogP contribution in [-0.4, -0.2) is 60.8 Å². The van der Waals surface area contributed by atoms with Gasteiger partial charge in [-0.3, -0.25) is 14.5 Å². The van der Waals surface area contributed by atoms with Gasteiger partial charge in [-0.25, -0.2) is 14.8 Å². The van der Waals surface area contributed by atoms with Crippen LogP contribution in [0.1, 0.15) is 29.1 Å². The van der Waals surface area contributed by atoms with Crippen molar-refractivity contribution in [1.29, 1.82) is 0 Å². The topological polar surface area (TPSA) is 171 Å². The number of halogens is 1. The van der Waals surface area contributed by atoms with Crippen LogP contribution in [0.5, 0.6) is 0 Å². The molecule has 11 nitrogen and oxygen atoms in total. The van der Waals surface area contributed by atoms with Crippen LogP contribution >= 0.6 is 34.3 Å². The summed E-state index contributed by atoms with van der Waals surface area (Å²) in [6.45, 7) is 1.85. The molecule has 0 saturated carbocycles. The lowest BCUT2D eigenvalue weighted by Crippen LogP contribution is -2.72. The molecule has 33 heavy (non-hydrogen) atoms. The summed E-state index contributed by atoms with van der Waals surface area (Å²) < 4.78 is 0.0541. The second-order valence-corrected chi connectivity index (χ2v) is 9.72. The number of thiazole rings is 2. The van der Waals surface area contributed by atoms with Crippen molar-refractivity contribution in [2.45, 2.75) is 31.8 Å². The number of β-lactam (4-membered cyclic amide) rings is 1. The van der Waals surface area contributed by atoms with Gasteiger partial charge in [0.2, 0.25) is 0 Å². The van der Waals surface area contributed by atoms with Crippen LogP contribution < -0.4 is 11.1 Å². The highest BCUT2D eigenvalue weighted by Crippen LogP contribution is 2.37. The lowest BCUT2D eigenvalue weighted by Gasteiger charge is -2.50. The number of aryl methyl sites for hydroxylation is 1. The molecule has 2 atom stereocenters. The van der Waals surface area contributed by atoms with Crippen molar-refractivity contribution < 1.29 is 24.7 Å². The summed E-state index contributed by atoms with van der Waals surface area (Å²) >= 11 is 8.31. The molecule has 0 bridgehead atoms. The third-order valence-corrected chi connectivity index (χ3v) is 7.30. The van der Waals surface area contributed by atoms with Gasteiger partial charge in [0.05, 0.1) is 17.2 Å². The number of oxime groups is 1. The van der Waals surface area contributed by atoms with Gasteiger partial charge in [0.1, 0.15) is 21.8 Å². The molecule has 0 spiro atoms. The van der Waals surface area contributed by atoms with Crippen LogP contribution in [0.3, 0.4) is 0 Å². The van der Waals surface area contributed by atoms with E-state index in [1.54, 1.807) is 17.7 Å². The molecule has 4 heterocycles. The zero-order valence-corrected chi connectivity index (χ0v) is 19.4. The standard InChI is InChI=1S/C19H17ClN6O5S2/c1-7-10(32-6-22-7)5-3-8-2-4-9-11(17(28)26(9)14(8)18(29)30)23-16(27)13(25-31)12-15(20)33-19(21)24-12/h3,5-6,9,11,31H,2,4H2,1H3,(H2,21,24)(H,23,27)(H,29,30)/b5-3-,25-13-/t9-,11?/m1/s1. The number of carboxylic acid groups (broad SMARTS) is 1. The third-order valence-electron chi connectivity index (χ3n) is 5.32. The van der Waals surface area contributed by atoms with Gasteiger partial charge in [0.25, 0.3) is 11.8 Å². The Morgan fingerprint density at radius 1 is 1.42 bits per heavy atom. The average Bonchev–Trinajstić information content (AvgIpc) is 3.33. The molecular formula is C19H17ClN6O5S2. The number of carbonyl (C=O) groups excluding carboxylic acids is 2. The Morgan fingerprint density at radius 3 is 2.76 bits per heavy atom. The van der Waals surface area contributed by atoms with E-state index in [1.807, 2.05) is 6.92 Å². The van der Waals surface area contributed by atoms with Crippen LogP contribution in [-0.2, 0) is 14.4 Å². The molecule has 14 heteroatoms. The highest BCUT2D eigenvalue weighted by Gasteiger charge is 2.53. The van der Waals surface area contributed by atoms with E-state index in [0.717, 1.165) is 21.9 Å². The molecule has 1 saturated heterocycles. The zero-order chi connectivity index (χ0) is 23.9. The number of fused-ring (bicyclic) bond motifs is 1. The molecule has 0 radical (unpaired) electrons. The Bertz CT molecular complexity index is 1250. The van der Waals surface area contributed by atoms with Gasteiger partial charge in [-0.1, -0.05) is 34.2 Å². The van der Waals surface area contributed by atoms with Crippen molar-refractivity contribution in [3.63, 3.8) is 0 Å². The van der Waals surface area contributed by atoms with E-state index in [1.165, 1.54) is 16.2 Å². The highest BCUT2D eigenvalue weighted by molar-refractivity contribution is 7.19. The van der Waals surface area contributed by atoms with Crippen molar-refractivity contribution in [2.24, 2.45) is 5.16 Å². The molecule has 4 rings (SSSR count). The van der Waals surface area contributed by atoms with E-state index in [9.17, 15) is 24.7 Å². The molecule has 2 aromatic heterocycles. The van der Waals surface area contributed by atoms with Crippen LogP contribution in [0, 0.1) is 6.92 Å². The van der Waals surface area contributed by atoms with E-state index in [4.69, 9.17) is 17.3 Å². The van der Waals surface area contributed by atoms with Crippen molar-refractivity contribution >= 4 is 69.0 Å². The van der Waals surface area contributed by atoms with Gasteiger partial charge < -0.3 is 21.4 Å². The zero-order valence-electron chi connectivity index (χ0n) is 17.0. The van der Waals surface area contributed by atoms with Crippen LogP contribution in [0.15, 0.2) is 28.0 Å². The fraction of sp³-hybridized carbons (Fsp3) is 0.263. The maximum atomic E-state index is 12.8. The fourth-order valence-corrected chi connectivity index (χ4v) is 5.40. The molecule has 1 unspecified atom stereocenters. The fourth-order valence-electron chi connectivity index (χ4n) is 3.77. The number of rotatable bonds is 6. The van der Waals surface area contributed by atoms with Gasteiger partial charge in [0, 0.05) is 4.88 Å². The summed E-state index contributed by atoms with van der Waals surface area (Å²) in [4.78, 5) is 47.5. The first-order valence-electron chi connectivity index (χ1n) is 9.55. The average molecular weight is 509 g/mol. The SMILES string of the molecule is Cc1ncsc1/C=C\C1=C(C(=O)O)N2C(=O)C(NC(=O)/C(=N\O)c3nc(N)sc3Cl)[C@H]2CC1. The molecule has 1 fully saturated rings. The Labute approximate surface area is 199 Å². The number of nitrogens with two attached hydrogens (primary N) is 1. The number of nitrogen functional groups attached to an aromatic ring is 1. The van der Waals surface area contributed by atoms with E-state index in [2.05, 4.69) is 20.4 Å². The predicted octanol–water partition coefficient (Wildman–Crippen LogP) is 1.86. The number of hydrogen-bond acceptors (Lipinski definition) is 10. The minimum absolute atomic E-state index is 0.0541. The summed E-state index contributed by atoms with van der Waals surface area (Å²) in [5, 5.41) is 24.6. The normalized spacial score (nSPS) is 20.7. The summed E-state index contributed by atoms with van der Waals surface area (Å²) in [7, 11) is 0. The molecule has 5 N–H and O–H groups in total. The molecule has 2 aromatic rings. The predicted molar refractivity (Wildman–Crippen MR) is 122 cm³/mol. The monoisotopic (exact) mass is 508 g/mol.